The smallest absolute Gasteiger partial charge is 0.265 e. The Balaban J connectivity index is 1.29. The van der Waals surface area contributed by atoms with Gasteiger partial charge in [-0.2, -0.15) is 0 Å². The van der Waals surface area contributed by atoms with Crippen LogP contribution in [0.3, 0.4) is 0 Å². The van der Waals surface area contributed by atoms with Crippen LogP contribution in [0.25, 0.3) is 10.1 Å². The molecule has 1 fully saturated rings. The molecule has 150 valence electrons. The van der Waals surface area contributed by atoms with E-state index in [-0.39, 0.29) is 17.9 Å². The lowest BCUT2D eigenvalue weighted by Gasteiger charge is -2.32. The highest BCUT2D eigenvalue weighted by molar-refractivity contribution is 7.21. The van der Waals surface area contributed by atoms with E-state index in [2.05, 4.69) is 5.32 Å². The van der Waals surface area contributed by atoms with Gasteiger partial charge in [0.25, 0.3) is 5.91 Å². The fraction of sp³-hybridized carbons (Fsp3) is 0.304. The molecule has 1 saturated heterocycles. The third-order valence-electron chi connectivity index (χ3n) is 5.36. The maximum atomic E-state index is 12.9. The van der Waals surface area contributed by atoms with Crippen molar-refractivity contribution < 1.29 is 9.59 Å². The number of rotatable bonds is 5. The summed E-state index contributed by atoms with van der Waals surface area (Å²) < 4.78 is 1.03. The van der Waals surface area contributed by atoms with Crippen molar-refractivity contribution in [1.82, 2.24) is 10.2 Å². The average Bonchev–Trinajstić information content (AvgIpc) is 3.10. The van der Waals surface area contributed by atoms with Crippen molar-refractivity contribution in [3.05, 3.63) is 70.1 Å². The highest BCUT2D eigenvalue weighted by atomic mass is 35.5. The summed E-state index contributed by atoms with van der Waals surface area (Å²) in [6.45, 7) is 1.26. The van der Waals surface area contributed by atoms with Crippen LogP contribution in [0.15, 0.2) is 54.6 Å². The minimum absolute atomic E-state index is 0.00921. The minimum atomic E-state index is -0.00921. The van der Waals surface area contributed by atoms with Crippen molar-refractivity contribution in [2.24, 2.45) is 0 Å². The fourth-order valence-electron chi connectivity index (χ4n) is 3.72. The first-order valence-electron chi connectivity index (χ1n) is 9.91. The Labute approximate surface area is 179 Å². The minimum Gasteiger partial charge on any atom is -0.353 e. The number of carbonyl (C=O) groups excluding carboxylic acids is 2. The van der Waals surface area contributed by atoms with Crippen molar-refractivity contribution >= 4 is 44.8 Å². The molecule has 1 aliphatic rings. The van der Waals surface area contributed by atoms with E-state index in [1.807, 2.05) is 59.5 Å². The molecule has 4 rings (SSSR count). The van der Waals surface area contributed by atoms with E-state index in [9.17, 15) is 9.59 Å². The summed E-state index contributed by atoms with van der Waals surface area (Å²) >= 11 is 7.91. The summed E-state index contributed by atoms with van der Waals surface area (Å²) in [4.78, 5) is 27.7. The van der Waals surface area contributed by atoms with E-state index < -0.39 is 0 Å². The number of halogens is 1. The molecule has 0 aliphatic carbocycles. The van der Waals surface area contributed by atoms with Gasteiger partial charge in [0, 0.05) is 35.6 Å². The maximum Gasteiger partial charge on any atom is 0.265 e. The predicted molar refractivity (Wildman–Crippen MR) is 119 cm³/mol. The van der Waals surface area contributed by atoms with E-state index in [4.69, 9.17) is 11.6 Å². The lowest BCUT2D eigenvalue weighted by Crippen LogP contribution is -2.46. The Hall–Kier alpha value is -2.37. The molecule has 6 heteroatoms. The molecule has 2 aromatic carbocycles. The van der Waals surface area contributed by atoms with Gasteiger partial charge >= 0.3 is 0 Å². The number of piperidine rings is 1. The molecule has 29 heavy (non-hydrogen) atoms. The molecule has 1 aliphatic heterocycles. The summed E-state index contributed by atoms with van der Waals surface area (Å²) in [7, 11) is 0. The van der Waals surface area contributed by atoms with Crippen LogP contribution in [0.5, 0.6) is 0 Å². The van der Waals surface area contributed by atoms with Crippen LogP contribution >= 0.6 is 22.9 Å². The molecule has 0 unspecified atom stereocenters. The largest absolute Gasteiger partial charge is 0.353 e. The number of amides is 2. The number of nitrogens with zero attached hydrogens (tertiary/aromatic N) is 1. The topological polar surface area (TPSA) is 49.4 Å². The molecule has 3 aromatic rings. The third-order valence-corrected chi connectivity index (χ3v) is 7.02. The Morgan fingerprint density at radius 1 is 1.03 bits per heavy atom. The first-order valence-corrected chi connectivity index (χ1v) is 11.1. The zero-order valence-corrected chi connectivity index (χ0v) is 17.6. The number of fused-ring (bicyclic) bond motifs is 1. The second-order valence-electron chi connectivity index (χ2n) is 7.36. The molecule has 0 bridgehead atoms. The summed E-state index contributed by atoms with van der Waals surface area (Å²) in [5.74, 6) is 0.0660. The zero-order valence-electron chi connectivity index (χ0n) is 16.1. The fourth-order valence-corrected chi connectivity index (χ4v) is 5.20. The number of thiophene rings is 1. The van der Waals surface area contributed by atoms with Gasteiger partial charge in [0.1, 0.15) is 4.88 Å². The van der Waals surface area contributed by atoms with Gasteiger partial charge in [-0.05, 0) is 30.9 Å². The summed E-state index contributed by atoms with van der Waals surface area (Å²) in [5.41, 5.74) is 1.17. The predicted octanol–water partition coefficient (Wildman–Crippen LogP) is 4.91. The summed E-state index contributed by atoms with van der Waals surface area (Å²) in [6.07, 6.45) is 2.77. The van der Waals surface area contributed by atoms with Crippen LogP contribution in [0, 0.1) is 0 Å². The van der Waals surface area contributed by atoms with E-state index in [1.54, 1.807) is 0 Å². The number of hydrogen-bond acceptors (Lipinski definition) is 3. The molecule has 1 aromatic heterocycles. The number of likely N-dealkylation sites (tertiary alicyclic amines) is 1. The number of hydrogen-bond donors (Lipinski definition) is 1. The summed E-state index contributed by atoms with van der Waals surface area (Å²) in [6, 6.07) is 18.0. The van der Waals surface area contributed by atoms with Crippen LogP contribution in [-0.2, 0) is 11.2 Å². The SMILES string of the molecule is O=C(CCc1ccccc1)NC1CCN(C(=O)c2sc3ccccc3c2Cl)CC1. The van der Waals surface area contributed by atoms with Gasteiger partial charge in [0.15, 0.2) is 0 Å². The molecule has 0 radical (unpaired) electrons. The number of benzene rings is 2. The monoisotopic (exact) mass is 426 g/mol. The summed E-state index contributed by atoms with van der Waals surface area (Å²) in [5, 5.41) is 4.60. The standard InChI is InChI=1S/C23H23ClN2O2S/c24-21-18-8-4-5-9-19(18)29-22(21)23(28)26-14-12-17(13-15-26)25-20(27)11-10-16-6-2-1-3-7-16/h1-9,17H,10-15H2,(H,25,27). The van der Waals surface area contributed by atoms with Crippen molar-refractivity contribution in [1.29, 1.82) is 0 Å². The Kier molecular flexibility index (Phi) is 6.16. The van der Waals surface area contributed by atoms with Crippen LogP contribution in [0.1, 0.15) is 34.5 Å². The molecule has 0 saturated carbocycles. The quantitative estimate of drug-likeness (QED) is 0.630. The van der Waals surface area contributed by atoms with E-state index in [0.29, 0.717) is 29.4 Å². The number of nitrogens with one attached hydrogen (secondary N) is 1. The normalized spacial score (nSPS) is 14.9. The van der Waals surface area contributed by atoms with Crippen LogP contribution < -0.4 is 5.32 Å². The van der Waals surface area contributed by atoms with Crippen molar-refractivity contribution in [3.8, 4) is 0 Å². The highest BCUT2D eigenvalue weighted by Gasteiger charge is 2.27. The van der Waals surface area contributed by atoms with E-state index >= 15 is 0 Å². The van der Waals surface area contributed by atoms with Gasteiger partial charge in [0.2, 0.25) is 5.91 Å². The van der Waals surface area contributed by atoms with Crippen LogP contribution in [0.2, 0.25) is 5.02 Å². The average molecular weight is 427 g/mol. The maximum absolute atomic E-state index is 12.9. The lowest BCUT2D eigenvalue weighted by atomic mass is 10.0. The molecule has 2 heterocycles. The molecular formula is C23H23ClN2O2S. The van der Waals surface area contributed by atoms with Crippen molar-refractivity contribution in [3.63, 3.8) is 0 Å². The third kappa shape index (κ3) is 4.62. The lowest BCUT2D eigenvalue weighted by molar-refractivity contribution is -0.122. The van der Waals surface area contributed by atoms with Crippen molar-refractivity contribution in [2.45, 2.75) is 31.7 Å². The van der Waals surface area contributed by atoms with E-state index in [1.165, 1.54) is 16.9 Å². The second-order valence-corrected chi connectivity index (χ2v) is 8.79. The van der Waals surface area contributed by atoms with Gasteiger partial charge in [-0.3, -0.25) is 9.59 Å². The van der Waals surface area contributed by atoms with Gasteiger partial charge in [-0.25, -0.2) is 0 Å². The first-order chi connectivity index (χ1) is 14.1. The first kappa shape index (κ1) is 19.9. The Morgan fingerprint density at radius 3 is 2.45 bits per heavy atom. The Morgan fingerprint density at radius 2 is 1.72 bits per heavy atom. The molecule has 1 N–H and O–H groups in total. The number of aryl methyl sites for hydroxylation is 1. The van der Waals surface area contributed by atoms with E-state index in [0.717, 1.165) is 29.3 Å². The second kappa shape index (κ2) is 8.97. The Bertz CT molecular complexity index is 1010. The zero-order chi connectivity index (χ0) is 20.2. The molecule has 4 nitrogen and oxygen atoms in total. The van der Waals surface area contributed by atoms with Gasteiger partial charge < -0.3 is 10.2 Å². The number of carbonyl (C=O) groups is 2. The van der Waals surface area contributed by atoms with Crippen LogP contribution in [0.4, 0.5) is 0 Å². The molecule has 0 atom stereocenters. The van der Waals surface area contributed by atoms with Crippen LogP contribution in [-0.4, -0.2) is 35.8 Å². The molecule has 2 amide bonds. The highest BCUT2D eigenvalue weighted by Crippen LogP contribution is 2.36. The van der Waals surface area contributed by atoms with Gasteiger partial charge in [0.05, 0.1) is 5.02 Å². The van der Waals surface area contributed by atoms with Gasteiger partial charge in [-0.15, -0.1) is 11.3 Å². The van der Waals surface area contributed by atoms with Gasteiger partial charge in [-0.1, -0.05) is 60.1 Å². The molecule has 0 spiro atoms. The molecular weight excluding hydrogens is 404 g/mol. The van der Waals surface area contributed by atoms with Crippen molar-refractivity contribution in [2.75, 3.05) is 13.1 Å².